The number of likely N-dealkylation sites (N-methyl/N-ethyl adjacent to an activating group) is 1. The highest BCUT2D eigenvalue weighted by atomic mass is 16.3. The maximum atomic E-state index is 9.11. The van der Waals surface area contributed by atoms with Crippen LogP contribution < -0.4 is 5.32 Å². The Balaban J connectivity index is 2.15. The van der Waals surface area contributed by atoms with E-state index < -0.39 is 0 Å². The molecule has 0 spiro atoms. The van der Waals surface area contributed by atoms with Crippen molar-refractivity contribution in [2.24, 2.45) is 0 Å². The normalized spacial score (nSPS) is 22.1. The quantitative estimate of drug-likeness (QED) is 0.623. The average molecular weight is 200 g/mol. The van der Waals surface area contributed by atoms with E-state index in [9.17, 15) is 0 Å². The van der Waals surface area contributed by atoms with Crippen LogP contribution in [-0.2, 0) is 0 Å². The molecule has 0 bridgehead atoms. The molecule has 14 heavy (non-hydrogen) atoms. The minimum atomic E-state index is -0.181. The molecule has 1 saturated carbocycles. The lowest BCUT2D eigenvalue weighted by molar-refractivity contribution is 0.0591. The van der Waals surface area contributed by atoms with Gasteiger partial charge in [0, 0.05) is 12.1 Å². The Morgan fingerprint density at radius 2 is 2.07 bits per heavy atom. The summed E-state index contributed by atoms with van der Waals surface area (Å²) >= 11 is 0. The first kappa shape index (κ1) is 12.0. The summed E-state index contributed by atoms with van der Waals surface area (Å²) in [5.41, 5.74) is 0.401. The van der Waals surface area contributed by atoms with Gasteiger partial charge in [-0.25, -0.2) is 0 Å². The molecule has 0 amide bonds. The third-order valence-corrected chi connectivity index (χ3v) is 3.43. The molecule has 2 N–H and O–H groups in total. The summed E-state index contributed by atoms with van der Waals surface area (Å²) in [5.74, 6) is 0. The van der Waals surface area contributed by atoms with Crippen molar-refractivity contribution in [3.05, 3.63) is 0 Å². The van der Waals surface area contributed by atoms with Gasteiger partial charge < -0.3 is 15.3 Å². The molecule has 1 atom stereocenters. The fourth-order valence-corrected chi connectivity index (χ4v) is 2.00. The summed E-state index contributed by atoms with van der Waals surface area (Å²) in [6.45, 7) is 3.83. The molecule has 0 aromatic rings. The Bertz CT molecular complexity index is 165. The number of rotatable bonds is 6. The zero-order valence-electron chi connectivity index (χ0n) is 9.71. The number of aliphatic hydroxyl groups is 1. The van der Waals surface area contributed by atoms with Crippen LogP contribution in [0.4, 0.5) is 0 Å². The van der Waals surface area contributed by atoms with Gasteiger partial charge in [-0.3, -0.25) is 0 Å². The third-order valence-electron chi connectivity index (χ3n) is 3.43. The molecule has 1 unspecified atom stereocenters. The monoisotopic (exact) mass is 200 g/mol. The molecule has 1 fully saturated rings. The van der Waals surface area contributed by atoms with E-state index >= 15 is 0 Å². The van der Waals surface area contributed by atoms with Gasteiger partial charge in [-0.2, -0.15) is 0 Å². The predicted octanol–water partition coefficient (Wildman–Crippen LogP) is 0.831. The van der Waals surface area contributed by atoms with Gasteiger partial charge in [0.25, 0.3) is 0 Å². The van der Waals surface area contributed by atoms with Gasteiger partial charge >= 0.3 is 0 Å². The first-order valence-corrected chi connectivity index (χ1v) is 5.63. The van der Waals surface area contributed by atoms with Crippen molar-refractivity contribution in [2.75, 3.05) is 27.2 Å². The number of aliphatic hydroxyl groups excluding tert-OH is 1. The fourth-order valence-electron chi connectivity index (χ4n) is 2.00. The molecular formula is C11H24N2O. The van der Waals surface area contributed by atoms with Gasteiger partial charge in [0.15, 0.2) is 0 Å². The topological polar surface area (TPSA) is 35.5 Å². The van der Waals surface area contributed by atoms with Gasteiger partial charge in [-0.15, -0.1) is 0 Å². The summed E-state index contributed by atoms with van der Waals surface area (Å²) in [6.07, 6.45) is 4.64. The molecular weight excluding hydrogens is 176 g/mol. The summed E-state index contributed by atoms with van der Waals surface area (Å²) in [6, 6.07) is 0. The standard InChI is InChI=1S/C11H24N2O/c1-10(14)5-8-12-9-11(13(2)3)6-4-7-11/h10,12,14H,4-9H2,1-3H3. The van der Waals surface area contributed by atoms with Gasteiger partial charge in [0.05, 0.1) is 6.10 Å². The molecule has 3 nitrogen and oxygen atoms in total. The van der Waals surface area contributed by atoms with Crippen molar-refractivity contribution in [3.63, 3.8) is 0 Å². The van der Waals surface area contributed by atoms with Crippen LogP contribution in [-0.4, -0.2) is 48.8 Å². The van der Waals surface area contributed by atoms with Gasteiger partial charge in [-0.1, -0.05) is 0 Å². The van der Waals surface area contributed by atoms with Crippen LogP contribution in [0.3, 0.4) is 0 Å². The van der Waals surface area contributed by atoms with Crippen molar-refractivity contribution in [1.82, 2.24) is 10.2 Å². The van der Waals surface area contributed by atoms with Crippen LogP contribution >= 0.6 is 0 Å². The SMILES string of the molecule is CC(O)CCNCC1(N(C)C)CCC1. The smallest absolute Gasteiger partial charge is 0.0524 e. The molecule has 0 saturated heterocycles. The number of nitrogens with one attached hydrogen (secondary N) is 1. The average Bonchev–Trinajstić information content (AvgIpc) is 1.99. The molecule has 84 valence electrons. The molecule has 0 aromatic carbocycles. The number of nitrogens with zero attached hydrogens (tertiary/aromatic N) is 1. The van der Waals surface area contributed by atoms with Crippen LogP contribution in [0.5, 0.6) is 0 Å². The van der Waals surface area contributed by atoms with Gasteiger partial charge in [-0.05, 0) is 53.2 Å². The number of hydrogen-bond acceptors (Lipinski definition) is 3. The maximum absolute atomic E-state index is 9.11. The Morgan fingerprint density at radius 3 is 2.43 bits per heavy atom. The lowest BCUT2D eigenvalue weighted by Gasteiger charge is -2.47. The van der Waals surface area contributed by atoms with E-state index in [4.69, 9.17) is 5.11 Å². The minimum Gasteiger partial charge on any atom is -0.393 e. The zero-order valence-corrected chi connectivity index (χ0v) is 9.71. The molecule has 3 heteroatoms. The first-order valence-electron chi connectivity index (χ1n) is 5.63. The van der Waals surface area contributed by atoms with E-state index in [1.54, 1.807) is 0 Å². The van der Waals surface area contributed by atoms with Crippen LogP contribution in [0, 0.1) is 0 Å². The van der Waals surface area contributed by atoms with Crippen molar-refractivity contribution in [3.8, 4) is 0 Å². The van der Waals surface area contributed by atoms with Crippen molar-refractivity contribution in [2.45, 2.75) is 44.2 Å². The highest BCUT2D eigenvalue weighted by Crippen LogP contribution is 2.35. The molecule has 1 rings (SSSR count). The third kappa shape index (κ3) is 2.94. The molecule has 1 aliphatic carbocycles. The van der Waals surface area contributed by atoms with Gasteiger partial charge in [0.1, 0.15) is 0 Å². The van der Waals surface area contributed by atoms with E-state index in [1.165, 1.54) is 19.3 Å². The van der Waals surface area contributed by atoms with E-state index in [-0.39, 0.29) is 6.10 Å². The molecule has 0 heterocycles. The zero-order chi connectivity index (χ0) is 10.6. The fraction of sp³-hybridized carbons (Fsp3) is 1.00. The minimum absolute atomic E-state index is 0.181. The van der Waals surface area contributed by atoms with E-state index in [0.717, 1.165) is 19.5 Å². The lowest BCUT2D eigenvalue weighted by atomic mass is 9.75. The lowest BCUT2D eigenvalue weighted by Crippen LogP contribution is -2.56. The molecule has 1 aliphatic rings. The summed E-state index contributed by atoms with van der Waals surface area (Å²) < 4.78 is 0. The maximum Gasteiger partial charge on any atom is 0.0524 e. The van der Waals surface area contributed by atoms with Crippen molar-refractivity contribution >= 4 is 0 Å². The van der Waals surface area contributed by atoms with E-state index in [1.807, 2.05) is 6.92 Å². The highest BCUT2D eigenvalue weighted by Gasteiger charge is 2.38. The van der Waals surface area contributed by atoms with E-state index in [2.05, 4.69) is 24.3 Å². The molecule has 0 aliphatic heterocycles. The summed E-state index contributed by atoms with van der Waals surface area (Å²) in [5, 5.41) is 12.6. The Morgan fingerprint density at radius 1 is 1.43 bits per heavy atom. The van der Waals surface area contributed by atoms with E-state index in [0.29, 0.717) is 5.54 Å². The second kappa shape index (κ2) is 5.10. The molecule has 0 aromatic heterocycles. The predicted molar refractivity (Wildman–Crippen MR) is 59.4 cm³/mol. The molecule has 0 radical (unpaired) electrons. The van der Waals surface area contributed by atoms with Crippen molar-refractivity contribution in [1.29, 1.82) is 0 Å². The second-order valence-electron chi connectivity index (χ2n) is 4.79. The Labute approximate surface area is 87.5 Å². The van der Waals surface area contributed by atoms with Crippen LogP contribution in [0.1, 0.15) is 32.6 Å². The summed E-state index contributed by atoms with van der Waals surface area (Å²) in [4.78, 5) is 2.34. The van der Waals surface area contributed by atoms with Crippen LogP contribution in [0.25, 0.3) is 0 Å². The van der Waals surface area contributed by atoms with Crippen molar-refractivity contribution < 1.29 is 5.11 Å². The summed E-state index contributed by atoms with van der Waals surface area (Å²) in [7, 11) is 4.32. The van der Waals surface area contributed by atoms with Crippen LogP contribution in [0.15, 0.2) is 0 Å². The highest BCUT2D eigenvalue weighted by molar-refractivity contribution is 4.97. The second-order valence-corrected chi connectivity index (χ2v) is 4.79. The van der Waals surface area contributed by atoms with Crippen LogP contribution in [0.2, 0.25) is 0 Å². The van der Waals surface area contributed by atoms with Gasteiger partial charge in [0.2, 0.25) is 0 Å². The largest absolute Gasteiger partial charge is 0.393 e. The Kier molecular flexibility index (Phi) is 4.35. The Hall–Kier alpha value is -0.120. The first-order chi connectivity index (χ1) is 6.57. The number of hydrogen-bond donors (Lipinski definition) is 2.